The molecule has 2 aromatic rings. The standard InChI is InChI=1S/C18H19ClO3/c1-3-13-4-6-14(7-5-13)11-17(18(20)21)22-15-8-9-16(19)12(2)10-15/h4-10,17H,3,11H2,1-2H3,(H,20,21)/t17-/m0/s1. The fourth-order valence-corrected chi connectivity index (χ4v) is 2.28. The van der Waals surface area contributed by atoms with Crippen molar-refractivity contribution in [3.05, 3.63) is 64.2 Å². The number of carboxylic acids is 1. The molecule has 0 saturated carbocycles. The van der Waals surface area contributed by atoms with E-state index in [1.807, 2.05) is 31.2 Å². The van der Waals surface area contributed by atoms with Crippen molar-refractivity contribution in [1.29, 1.82) is 0 Å². The third-order valence-corrected chi connectivity index (χ3v) is 3.96. The molecular weight excluding hydrogens is 300 g/mol. The molecule has 0 spiro atoms. The summed E-state index contributed by atoms with van der Waals surface area (Å²) in [5.41, 5.74) is 3.02. The van der Waals surface area contributed by atoms with Gasteiger partial charge in [-0.25, -0.2) is 4.79 Å². The van der Waals surface area contributed by atoms with Gasteiger partial charge in [0.1, 0.15) is 5.75 Å². The van der Waals surface area contributed by atoms with Gasteiger partial charge < -0.3 is 9.84 Å². The van der Waals surface area contributed by atoms with Gasteiger partial charge in [-0.1, -0.05) is 42.8 Å². The summed E-state index contributed by atoms with van der Waals surface area (Å²) < 4.78 is 5.61. The molecule has 0 unspecified atom stereocenters. The molecule has 0 bridgehead atoms. The number of aryl methyl sites for hydroxylation is 2. The van der Waals surface area contributed by atoms with Crippen LogP contribution in [0.4, 0.5) is 0 Å². The molecule has 3 nitrogen and oxygen atoms in total. The van der Waals surface area contributed by atoms with E-state index in [2.05, 4.69) is 6.92 Å². The highest BCUT2D eigenvalue weighted by Crippen LogP contribution is 2.22. The molecular formula is C18H19ClO3. The highest BCUT2D eigenvalue weighted by atomic mass is 35.5. The smallest absolute Gasteiger partial charge is 0.345 e. The summed E-state index contributed by atoms with van der Waals surface area (Å²) in [6, 6.07) is 13.1. The van der Waals surface area contributed by atoms with Crippen molar-refractivity contribution in [3.63, 3.8) is 0 Å². The minimum Gasteiger partial charge on any atom is -0.478 e. The molecule has 0 aliphatic heterocycles. The van der Waals surface area contributed by atoms with E-state index in [1.54, 1.807) is 18.2 Å². The molecule has 0 aromatic heterocycles. The lowest BCUT2D eigenvalue weighted by Crippen LogP contribution is -2.29. The van der Waals surface area contributed by atoms with Gasteiger partial charge in [0.25, 0.3) is 0 Å². The maximum absolute atomic E-state index is 11.4. The van der Waals surface area contributed by atoms with Crippen molar-refractivity contribution in [3.8, 4) is 5.75 Å². The van der Waals surface area contributed by atoms with E-state index in [-0.39, 0.29) is 0 Å². The second kappa shape index (κ2) is 7.32. The predicted molar refractivity (Wildman–Crippen MR) is 87.8 cm³/mol. The predicted octanol–water partition coefficient (Wildman–Crippen LogP) is 4.29. The first-order chi connectivity index (χ1) is 10.5. The topological polar surface area (TPSA) is 46.5 Å². The van der Waals surface area contributed by atoms with Crippen molar-refractivity contribution in [2.24, 2.45) is 0 Å². The van der Waals surface area contributed by atoms with Gasteiger partial charge in [0.2, 0.25) is 0 Å². The van der Waals surface area contributed by atoms with Crippen LogP contribution in [-0.2, 0) is 17.6 Å². The lowest BCUT2D eigenvalue weighted by molar-refractivity contribution is -0.145. The number of benzene rings is 2. The molecule has 0 fully saturated rings. The Morgan fingerprint density at radius 1 is 1.18 bits per heavy atom. The van der Waals surface area contributed by atoms with Crippen molar-refractivity contribution >= 4 is 17.6 Å². The molecule has 0 aliphatic rings. The van der Waals surface area contributed by atoms with Gasteiger partial charge in [-0.05, 0) is 48.2 Å². The minimum absolute atomic E-state index is 0.320. The molecule has 2 rings (SSSR count). The summed E-state index contributed by atoms with van der Waals surface area (Å²) in [5.74, 6) is -0.466. The number of aliphatic carboxylic acids is 1. The molecule has 1 N–H and O–H groups in total. The Balaban J connectivity index is 2.12. The van der Waals surface area contributed by atoms with Gasteiger partial charge in [-0.15, -0.1) is 0 Å². The quantitative estimate of drug-likeness (QED) is 0.864. The molecule has 0 aliphatic carbocycles. The Bertz CT molecular complexity index is 650. The number of hydrogen-bond donors (Lipinski definition) is 1. The Labute approximate surface area is 135 Å². The third kappa shape index (κ3) is 4.25. The van der Waals surface area contributed by atoms with Crippen LogP contribution in [0.1, 0.15) is 23.6 Å². The Kier molecular flexibility index (Phi) is 5.45. The molecule has 2 aromatic carbocycles. The summed E-state index contributed by atoms with van der Waals surface area (Å²) in [5, 5.41) is 10.0. The van der Waals surface area contributed by atoms with Crippen LogP contribution < -0.4 is 4.74 Å². The number of halogens is 1. The number of hydrogen-bond acceptors (Lipinski definition) is 2. The van der Waals surface area contributed by atoms with E-state index >= 15 is 0 Å². The van der Waals surface area contributed by atoms with Crippen molar-refractivity contribution in [2.75, 3.05) is 0 Å². The largest absolute Gasteiger partial charge is 0.478 e. The first-order valence-electron chi connectivity index (χ1n) is 7.23. The molecule has 0 saturated heterocycles. The zero-order chi connectivity index (χ0) is 16.1. The van der Waals surface area contributed by atoms with Crippen molar-refractivity contribution in [2.45, 2.75) is 32.8 Å². The van der Waals surface area contributed by atoms with Crippen LogP contribution in [0.25, 0.3) is 0 Å². The fraction of sp³-hybridized carbons (Fsp3) is 0.278. The van der Waals surface area contributed by atoms with Gasteiger partial charge in [0.05, 0.1) is 0 Å². The van der Waals surface area contributed by atoms with Crippen LogP contribution in [0.3, 0.4) is 0 Å². The molecule has 116 valence electrons. The Morgan fingerprint density at radius 2 is 1.82 bits per heavy atom. The second-order valence-electron chi connectivity index (χ2n) is 5.23. The molecule has 0 amide bonds. The highest BCUT2D eigenvalue weighted by Gasteiger charge is 2.20. The minimum atomic E-state index is -0.979. The number of ether oxygens (including phenoxy) is 1. The molecule has 22 heavy (non-hydrogen) atoms. The van der Waals surface area contributed by atoms with Crippen molar-refractivity contribution in [1.82, 2.24) is 0 Å². The number of rotatable bonds is 6. The van der Waals surface area contributed by atoms with Crippen LogP contribution in [-0.4, -0.2) is 17.2 Å². The van der Waals surface area contributed by atoms with E-state index in [0.717, 1.165) is 17.5 Å². The average molecular weight is 319 g/mol. The van der Waals surface area contributed by atoms with Gasteiger partial charge in [0.15, 0.2) is 6.10 Å². The van der Waals surface area contributed by atoms with Gasteiger partial charge in [-0.3, -0.25) is 0 Å². The Hall–Kier alpha value is -2.00. The van der Waals surface area contributed by atoms with Crippen LogP contribution in [0.5, 0.6) is 5.75 Å². The SMILES string of the molecule is CCc1ccc(C[C@H](Oc2ccc(Cl)c(C)c2)C(=O)O)cc1. The lowest BCUT2D eigenvalue weighted by Gasteiger charge is -2.16. The molecule has 4 heteroatoms. The monoisotopic (exact) mass is 318 g/mol. The van der Waals surface area contributed by atoms with Crippen LogP contribution in [0.15, 0.2) is 42.5 Å². The number of carboxylic acid groups (broad SMARTS) is 1. The summed E-state index contributed by atoms with van der Waals surface area (Å²) in [7, 11) is 0. The first-order valence-corrected chi connectivity index (χ1v) is 7.61. The van der Waals surface area contributed by atoms with Crippen LogP contribution in [0, 0.1) is 6.92 Å². The van der Waals surface area contributed by atoms with Gasteiger partial charge in [-0.2, -0.15) is 0 Å². The summed E-state index contributed by atoms with van der Waals surface area (Å²) in [4.78, 5) is 11.4. The van der Waals surface area contributed by atoms with Gasteiger partial charge in [0, 0.05) is 11.4 Å². The maximum atomic E-state index is 11.4. The summed E-state index contributed by atoms with van der Waals surface area (Å²) in [6.45, 7) is 3.94. The van der Waals surface area contributed by atoms with E-state index in [1.165, 1.54) is 5.56 Å². The van der Waals surface area contributed by atoms with E-state index in [9.17, 15) is 9.90 Å². The maximum Gasteiger partial charge on any atom is 0.345 e. The second-order valence-corrected chi connectivity index (χ2v) is 5.64. The number of carbonyl (C=O) groups is 1. The third-order valence-electron chi connectivity index (χ3n) is 3.54. The lowest BCUT2D eigenvalue weighted by atomic mass is 10.0. The molecule has 1 atom stereocenters. The highest BCUT2D eigenvalue weighted by molar-refractivity contribution is 6.31. The fourth-order valence-electron chi connectivity index (χ4n) is 2.16. The van der Waals surface area contributed by atoms with E-state index in [4.69, 9.17) is 16.3 Å². The molecule has 0 radical (unpaired) electrons. The van der Waals surface area contributed by atoms with E-state index in [0.29, 0.717) is 17.2 Å². The first kappa shape index (κ1) is 16.4. The van der Waals surface area contributed by atoms with Crippen molar-refractivity contribution < 1.29 is 14.6 Å². The van der Waals surface area contributed by atoms with Crippen LogP contribution >= 0.6 is 11.6 Å². The van der Waals surface area contributed by atoms with Gasteiger partial charge >= 0.3 is 5.97 Å². The average Bonchev–Trinajstić information content (AvgIpc) is 2.51. The molecule has 0 heterocycles. The summed E-state index contributed by atoms with van der Waals surface area (Å²) >= 11 is 5.97. The zero-order valence-electron chi connectivity index (χ0n) is 12.7. The summed E-state index contributed by atoms with van der Waals surface area (Å²) in [6.07, 6.45) is 0.359. The van der Waals surface area contributed by atoms with Crippen LogP contribution in [0.2, 0.25) is 5.02 Å². The van der Waals surface area contributed by atoms with E-state index < -0.39 is 12.1 Å². The normalized spacial score (nSPS) is 12.0. The Morgan fingerprint density at radius 3 is 2.36 bits per heavy atom. The zero-order valence-corrected chi connectivity index (χ0v) is 13.4.